The van der Waals surface area contributed by atoms with Crippen LogP contribution in [0.15, 0.2) is 0 Å². The molecule has 6 heavy (non-hydrogen) atoms. The summed E-state index contributed by atoms with van der Waals surface area (Å²) >= 11 is 0. The summed E-state index contributed by atoms with van der Waals surface area (Å²) in [4.78, 5) is 0. The molecule has 0 aromatic heterocycles. The Morgan fingerprint density at radius 1 is 1.83 bits per heavy atom. The molecule has 2 heteroatoms. The summed E-state index contributed by atoms with van der Waals surface area (Å²) < 4.78 is 0. The Labute approximate surface area is 37.4 Å². The lowest BCUT2D eigenvalue weighted by molar-refractivity contribution is 0.199. The molecule has 0 saturated carbocycles. The molecule has 0 unspecified atom stereocenters. The van der Waals surface area contributed by atoms with Crippen LogP contribution >= 0.6 is 0 Å². The highest BCUT2D eigenvalue weighted by Gasteiger charge is 1.89. The number of hydrogen-bond donors (Lipinski definition) is 2. The molecule has 2 nitrogen and oxygen atoms in total. The monoisotopic (exact) mass is 89.1 g/mol. The summed E-state index contributed by atoms with van der Waals surface area (Å²) in [6.07, 6.45) is 0.926. The zero-order valence-electron chi connectivity index (χ0n) is 3.76. The Hall–Kier alpha value is -0.0800. The van der Waals surface area contributed by atoms with Gasteiger partial charge in [0.1, 0.15) is 0 Å². The van der Waals surface area contributed by atoms with E-state index in [9.17, 15) is 0 Å². The summed E-state index contributed by atoms with van der Waals surface area (Å²) in [5, 5.41) is 16.4. The van der Waals surface area contributed by atoms with Crippen molar-refractivity contribution in [1.29, 1.82) is 0 Å². The summed E-state index contributed by atoms with van der Waals surface area (Å²) in [6.45, 7) is 1.55. The standard InChI is InChI=1S/C4H9O2/c1-4(6)2-3-5/h2,4-6H,3H2,1H3/t4-/m0/s1. The van der Waals surface area contributed by atoms with Gasteiger partial charge in [0, 0.05) is 13.0 Å². The summed E-state index contributed by atoms with van der Waals surface area (Å²) in [5.74, 6) is 0. The molecule has 0 aromatic rings. The fraction of sp³-hybridized carbons (Fsp3) is 0.750. The Morgan fingerprint density at radius 3 is 2.33 bits per heavy atom. The molecule has 2 N–H and O–H groups in total. The lowest BCUT2D eigenvalue weighted by Crippen LogP contribution is -2.02. The molecule has 0 saturated heterocycles. The van der Waals surface area contributed by atoms with Crippen molar-refractivity contribution in [2.45, 2.75) is 13.0 Å². The number of hydrogen-bond acceptors (Lipinski definition) is 2. The van der Waals surface area contributed by atoms with E-state index in [-0.39, 0.29) is 6.61 Å². The highest BCUT2D eigenvalue weighted by atomic mass is 16.3. The molecule has 0 aliphatic rings. The summed E-state index contributed by atoms with van der Waals surface area (Å²) in [5.41, 5.74) is 0. The van der Waals surface area contributed by atoms with Crippen LogP contribution in [0, 0.1) is 6.42 Å². The lowest BCUT2D eigenvalue weighted by Gasteiger charge is -1.94. The van der Waals surface area contributed by atoms with Crippen LogP contribution in [-0.4, -0.2) is 22.9 Å². The van der Waals surface area contributed by atoms with Crippen LogP contribution in [0.3, 0.4) is 0 Å². The molecule has 0 aromatic carbocycles. The van der Waals surface area contributed by atoms with Gasteiger partial charge in [0.2, 0.25) is 0 Å². The predicted octanol–water partition coefficient (Wildman–Crippen LogP) is -0.436. The molecule has 0 spiro atoms. The molecule has 0 aliphatic carbocycles. The van der Waals surface area contributed by atoms with Crippen LogP contribution in [-0.2, 0) is 0 Å². The number of rotatable bonds is 2. The second-order valence-corrected chi connectivity index (χ2v) is 1.16. The molecule has 0 amide bonds. The highest BCUT2D eigenvalue weighted by Crippen LogP contribution is 1.81. The third kappa shape index (κ3) is 3.92. The minimum Gasteiger partial charge on any atom is -0.396 e. The zero-order chi connectivity index (χ0) is 4.99. The van der Waals surface area contributed by atoms with Gasteiger partial charge < -0.3 is 10.2 Å². The fourth-order valence-corrected chi connectivity index (χ4v) is 0.153. The Kier molecular flexibility index (Phi) is 3.08. The van der Waals surface area contributed by atoms with E-state index in [2.05, 4.69) is 0 Å². The van der Waals surface area contributed by atoms with Crippen molar-refractivity contribution < 1.29 is 10.2 Å². The Bertz CT molecular complexity index is 26.7. The van der Waals surface area contributed by atoms with Gasteiger partial charge in [-0.25, -0.2) is 0 Å². The minimum atomic E-state index is -0.477. The van der Waals surface area contributed by atoms with Gasteiger partial charge in [-0.1, -0.05) is 0 Å². The first kappa shape index (κ1) is 5.92. The molecule has 0 heterocycles. The Morgan fingerprint density at radius 2 is 2.33 bits per heavy atom. The zero-order valence-corrected chi connectivity index (χ0v) is 3.76. The first-order valence-corrected chi connectivity index (χ1v) is 1.89. The molecule has 0 bridgehead atoms. The van der Waals surface area contributed by atoms with E-state index in [1.54, 1.807) is 6.92 Å². The van der Waals surface area contributed by atoms with Crippen molar-refractivity contribution in [1.82, 2.24) is 0 Å². The predicted molar refractivity (Wildman–Crippen MR) is 23.1 cm³/mol. The van der Waals surface area contributed by atoms with Crippen molar-refractivity contribution >= 4 is 0 Å². The van der Waals surface area contributed by atoms with Crippen molar-refractivity contribution in [2.75, 3.05) is 6.61 Å². The molecule has 0 fully saturated rings. The average Bonchev–Trinajstić information content (AvgIpc) is 1.35. The lowest BCUT2D eigenvalue weighted by atomic mass is 10.3. The summed E-state index contributed by atoms with van der Waals surface area (Å²) in [7, 11) is 0. The molecule has 1 atom stereocenters. The third-order valence-electron chi connectivity index (χ3n) is 0.447. The second kappa shape index (κ2) is 3.12. The molecular formula is C4H9O2. The van der Waals surface area contributed by atoms with Gasteiger partial charge in [0.25, 0.3) is 0 Å². The Balaban J connectivity index is 2.63. The maximum atomic E-state index is 8.34. The van der Waals surface area contributed by atoms with Gasteiger partial charge in [0.15, 0.2) is 0 Å². The smallest absolute Gasteiger partial charge is 0.0566 e. The van der Waals surface area contributed by atoms with Crippen molar-refractivity contribution in [3.63, 3.8) is 0 Å². The first-order chi connectivity index (χ1) is 2.77. The van der Waals surface area contributed by atoms with E-state index < -0.39 is 6.10 Å². The van der Waals surface area contributed by atoms with Crippen LogP contribution in [0.1, 0.15) is 6.92 Å². The van der Waals surface area contributed by atoms with E-state index in [0.717, 1.165) is 0 Å². The minimum absolute atomic E-state index is 0.0440. The van der Waals surface area contributed by atoms with E-state index in [4.69, 9.17) is 10.2 Å². The van der Waals surface area contributed by atoms with Crippen LogP contribution in [0.2, 0.25) is 0 Å². The fourth-order valence-electron chi connectivity index (χ4n) is 0.153. The van der Waals surface area contributed by atoms with Crippen LogP contribution < -0.4 is 0 Å². The number of aliphatic hydroxyl groups is 2. The molecule has 1 radical (unpaired) electrons. The molecule has 0 rings (SSSR count). The van der Waals surface area contributed by atoms with Gasteiger partial charge in [-0.3, -0.25) is 0 Å². The van der Waals surface area contributed by atoms with Crippen molar-refractivity contribution in [3.8, 4) is 0 Å². The second-order valence-electron chi connectivity index (χ2n) is 1.16. The maximum absolute atomic E-state index is 8.34. The maximum Gasteiger partial charge on any atom is 0.0566 e. The van der Waals surface area contributed by atoms with Gasteiger partial charge in [0.05, 0.1) is 6.10 Å². The van der Waals surface area contributed by atoms with Crippen molar-refractivity contribution in [3.05, 3.63) is 6.42 Å². The van der Waals surface area contributed by atoms with Crippen molar-refractivity contribution in [2.24, 2.45) is 0 Å². The number of aliphatic hydroxyl groups excluding tert-OH is 2. The van der Waals surface area contributed by atoms with Gasteiger partial charge in [-0.15, -0.1) is 0 Å². The topological polar surface area (TPSA) is 40.5 Å². The third-order valence-corrected chi connectivity index (χ3v) is 0.447. The first-order valence-electron chi connectivity index (χ1n) is 1.89. The molecule has 0 aliphatic heterocycles. The van der Waals surface area contributed by atoms with E-state index in [1.165, 1.54) is 6.42 Å². The molecular weight excluding hydrogens is 80.0 g/mol. The van der Waals surface area contributed by atoms with Crippen LogP contribution in [0.25, 0.3) is 0 Å². The normalized spacial score (nSPS) is 14.5. The van der Waals surface area contributed by atoms with E-state index in [1.807, 2.05) is 0 Å². The van der Waals surface area contributed by atoms with Crippen LogP contribution in [0.4, 0.5) is 0 Å². The average molecular weight is 89.1 g/mol. The van der Waals surface area contributed by atoms with Crippen LogP contribution in [0.5, 0.6) is 0 Å². The highest BCUT2D eigenvalue weighted by molar-refractivity contribution is 4.67. The largest absolute Gasteiger partial charge is 0.396 e. The van der Waals surface area contributed by atoms with E-state index in [0.29, 0.717) is 0 Å². The SMILES string of the molecule is C[C@H](O)[CH]CO. The molecule has 37 valence electrons. The van der Waals surface area contributed by atoms with Gasteiger partial charge in [-0.2, -0.15) is 0 Å². The quantitative estimate of drug-likeness (QED) is 0.481. The summed E-state index contributed by atoms with van der Waals surface area (Å²) in [6, 6.07) is 0. The van der Waals surface area contributed by atoms with Gasteiger partial charge in [-0.05, 0) is 6.92 Å². The van der Waals surface area contributed by atoms with E-state index >= 15 is 0 Å². The van der Waals surface area contributed by atoms with Gasteiger partial charge >= 0.3 is 0 Å².